The zero-order valence-electron chi connectivity index (χ0n) is 62.1. The topological polar surface area (TPSA) is 223 Å². The van der Waals surface area contributed by atoms with Crippen LogP contribution >= 0.6 is 0 Å². The maximum Gasteiger partial charge on any atom is 0.573 e. The summed E-state index contributed by atoms with van der Waals surface area (Å²) >= 11 is 0. The SMILES string of the molecule is COc1ccc(-c2cc(COc3ccc(OCC(=O)O)c(C)c3)cc(-c3ccc(OC(F)(F)F)cc3)c2)cc1.COc1ccc(-c2cc(COc3ccc(OCC(=O)O)c(C)c3)cc(-c3ccc(OC)cc3)c2)cc1.COc1ccc(-c2cc(COc3ccc(OCC(=O)O)c(C)c3)cc(-c3cccc(OC)c3)c2)cc1. The first-order valence-corrected chi connectivity index (χ1v) is 34.7. The van der Waals surface area contributed by atoms with Crippen molar-refractivity contribution >= 4 is 17.9 Å². The Hall–Kier alpha value is -13.6. The molecule has 0 bridgehead atoms. The van der Waals surface area contributed by atoms with E-state index in [-0.39, 0.29) is 25.6 Å². The minimum absolute atomic E-state index is 0.209. The van der Waals surface area contributed by atoms with Crippen LogP contribution in [0.15, 0.2) is 255 Å². The Labute approximate surface area is 640 Å². The summed E-state index contributed by atoms with van der Waals surface area (Å²) in [5.74, 6) is 3.94. The van der Waals surface area contributed by atoms with E-state index in [9.17, 15) is 27.6 Å². The predicted molar refractivity (Wildman–Crippen MR) is 417 cm³/mol. The van der Waals surface area contributed by atoms with Gasteiger partial charge in [0.2, 0.25) is 0 Å². The van der Waals surface area contributed by atoms with Gasteiger partial charge >= 0.3 is 24.3 Å². The van der Waals surface area contributed by atoms with Crippen molar-refractivity contribution in [3.63, 3.8) is 0 Å². The van der Waals surface area contributed by atoms with Crippen molar-refractivity contribution in [3.05, 3.63) is 288 Å². The lowest BCUT2D eigenvalue weighted by Gasteiger charge is -2.14. The van der Waals surface area contributed by atoms with Gasteiger partial charge in [-0.15, -0.1) is 13.2 Å². The van der Waals surface area contributed by atoms with Crippen molar-refractivity contribution in [2.24, 2.45) is 0 Å². The Morgan fingerprint density at radius 3 is 0.766 bits per heavy atom. The Morgan fingerprint density at radius 2 is 0.523 bits per heavy atom. The second-order valence-corrected chi connectivity index (χ2v) is 25.2. The second-order valence-electron chi connectivity index (χ2n) is 25.2. The van der Waals surface area contributed by atoms with Crippen LogP contribution in [0.2, 0.25) is 0 Å². The number of ether oxygens (including phenoxy) is 12. The van der Waals surface area contributed by atoms with Gasteiger partial charge in [0.1, 0.15) is 88.8 Å². The van der Waals surface area contributed by atoms with Crippen LogP contribution in [0, 0.1) is 20.8 Å². The quantitative estimate of drug-likeness (QED) is 0.0381. The molecule has 21 heteroatoms. The average molecular weight is 1510 g/mol. The van der Waals surface area contributed by atoms with Crippen molar-refractivity contribution in [2.45, 2.75) is 47.0 Å². The number of methoxy groups -OCH3 is 5. The van der Waals surface area contributed by atoms with E-state index in [1.165, 1.54) is 12.1 Å². The molecule has 0 aliphatic heterocycles. The molecule has 0 heterocycles. The van der Waals surface area contributed by atoms with Crippen LogP contribution in [-0.4, -0.2) is 95.0 Å². The van der Waals surface area contributed by atoms with Gasteiger partial charge in [-0.3, -0.25) is 0 Å². The van der Waals surface area contributed by atoms with Crippen LogP contribution in [0.1, 0.15) is 33.4 Å². The Morgan fingerprint density at radius 1 is 0.270 bits per heavy atom. The van der Waals surface area contributed by atoms with Crippen LogP contribution in [-0.2, 0) is 34.2 Å². The molecular weight excluding hydrogens is 1430 g/mol. The molecule has 0 saturated carbocycles. The van der Waals surface area contributed by atoms with Gasteiger partial charge in [0.25, 0.3) is 0 Å². The van der Waals surface area contributed by atoms with Crippen molar-refractivity contribution < 1.29 is 99.7 Å². The van der Waals surface area contributed by atoms with E-state index in [0.717, 1.165) is 118 Å². The fourth-order valence-electron chi connectivity index (χ4n) is 11.7. The fraction of sp³-hybridized carbons (Fsp3) is 0.167. The summed E-state index contributed by atoms with van der Waals surface area (Å²) in [5, 5.41) is 26.5. The van der Waals surface area contributed by atoms with Crippen molar-refractivity contribution in [1.82, 2.24) is 0 Å². The van der Waals surface area contributed by atoms with Crippen molar-refractivity contribution in [3.8, 4) is 136 Å². The van der Waals surface area contributed by atoms with E-state index in [0.29, 0.717) is 59.0 Å². The average Bonchev–Trinajstić information content (AvgIpc) is 0.818. The standard InChI is InChI=1S/C30H25F3O6.2C30H28O6/c1-19-13-27(11-12-28(19)38-18-29(34)35)37-17-20-14-23(21-3-7-25(36-2)8-4-21)16-24(15-20)22-5-9-26(10-6-22)39-30(31,32)33;1-20-14-28(12-13-29(20)36-19-30(31)32)35-18-21-15-24(22-4-8-26(33-2)9-5-22)17-25(16-21)23-6-10-27(34-3)11-7-23;1-20-13-28(11-12-29(20)36-19-30(31)32)35-18-21-14-24(22-7-9-26(33-2)10-8-22)16-25(15-21)23-5-4-6-27(17-23)34-3/h3-16H,17-18H2,1-2H3,(H,34,35);2*4-17H,18-19H2,1-3H3,(H,31,32). The van der Waals surface area contributed by atoms with Crippen molar-refractivity contribution in [1.29, 1.82) is 0 Å². The lowest BCUT2D eigenvalue weighted by Crippen LogP contribution is -2.16. The maximum atomic E-state index is 12.6. The number of carboxylic acids is 3. The minimum Gasteiger partial charge on any atom is -0.497 e. The van der Waals surface area contributed by atoms with Gasteiger partial charge in [0.05, 0.1) is 35.5 Å². The molecule has 0 fully saturated rings. The van der Waals surface area contributed by atoms with E-state index in [1.54, 1.807) is 97.1 Å². The Bertz CT molecular complexity index is 5060. The van der Waals surface area contributed by atoms with E-state index < -0.39 is 30.9 Å². The lowest BCUT2D eigenvalue weighted by molar-refractivity contribution is -0.274. The molecule has 12 aromatic carbocycles. The highest BCUT2D eigenvalue weighted by molar-refractivity contribution is 5.78. The predicted octanol–water partition coefficient (Wildman–Crippen LogP) is 20.1. The highest BCUT2D eigenvalue weighted by atomic mass is 19.4. The molecule has 0 atom stereocenters. The summed E-state index contributed by atoms with van der Waals surface area (Å²) in [4.78, 5) is 32.3. The first kappa shape index (κ1) is 80.0. The van der Waals surface area contributed by atoms with Gasteiger partial charge in [-0.05, 0) is 303 Å². The molecule has 111 heavy (non-hydrogen) atoms. The third kappa shape index (κ3) is 23.7. The summed E-state index contributed by atoms with van der Waals surface area (Å²) in [7, 11) is 8.21. The zero-order chi connectivity index (χ0) is 79.0. The molecule has 0 aliphatic rings. The van der Waals surface area contributed by atoms with Crippen LogP contribution in [0.25, 0.3) is 66.8 Å². The number of aryl methyl sites for hydroxylation is 3. The minimum atomic E-state index is -4.76. The van der Waals surface area contributed by atoms with Crippen molar-refractivity contribution in [2.75, 3.05) is 55.4 Å². The van der Waals surface area contributed by atoms with Gasteiger partial charge in [0, 0.05) is 0 Å². The molecule has 12 rings (SSSR count). The molecule has 0 aliphatic carbocycles. The first-order chi connectivity index (χ1) is 53.5. The van der Waals surface area contributed by atoms with Crippen LogP contribution in [0.4, 0.5) is 13.2 Å². The highest BCUT2D eigenvalue weighted by Crippen LogP contribution is 2.37. The number of carboxylic acid groups (broad SMARTS) is 3. The molecule has 0 radical (unpaired) electrons. The van der Waals surface area contributed by atoms with E-state index >= 15 is 0 Å². The number of benzene rings is 12. The Balaban J connectivity index is 0.000000177. The zero-order valence-corrected chi connectivity index (χ0v) is 62.1. The number of carbonyl (C=O) groups is 3. The van der Waals surface area contributed by atoms with E-state index in [4.69, 9.17) is 67.4 Å². The molecular formula is C90H81F3O18. The third-order valence-corrected chi connectivity index (χ3v) is 17.2. The largest absolute Gasteiger partial charge is 0.573 e. The maximum absolute atomic E-state index is 12.6. The van der Waals surface area contributed by atoms with Gasteiger partial charge in [-0.25, -0.2) is 14.4 Å². The third-order valence-electron chi connectivity index (χ3n) is 17.2. The lowest BCUT2D eigenvalue weighted by atomic mass is 9.96. The fourth-order valence-corrected chi connectivity index (χ4v) is 11.7. The molecule has 0 unspecified atom stereocenters. The molecule has 0 spiro atoms. The molecule has 570 valence electrons. The summed E-state index contributed by atoms with van der Waals surface area (Å²) in [6.45, 7) is 5.23. The number of halogens is 3. The summed E-state index contributed by atoms with van der Waals surface area (Å²) in [6.07, 6.45) is -4.76. The van der Waals surface area contributed by atoms with Gasteiger partial charge in [-0.1, -0.05) is 72.8 Å². The van der Waals surface area contributed by atoms with E-state index in [1.807, 2.05) is 159 Å². The monoisotopic (exact) mass is 1510 g/mol. The number of rotatable bonds is 30. The molecule has 0 saturated heterocycles. The second kappa shape index (κ2) is 38.3. The molecule has 0 amide bonds. The van der Waals surface area contributed by atoms with Gasteiger partial charge in [-0.2, -0.15) is 0 Å². The van der Waals surface area contributed by atoms with E-state index in [2.05, 4.69) is 47.2 Å². The summed E-state index contributed by atoms with van der Waals surface area (Å²) < 4.78 is 102. The van der Waals surface area contributed by atoms with Gasteiger partial charge in [0.15, 0.2) is 19.8 Å². The number of hydrogen-bond donors (Lipinski definition) is 3. The molecule has 3 N–H and O–H groups in total. The highest BCUT2D eigenvalue weighted by Gasteiger charge is 2.31. The summed E-state index contributed by atoms with van der Waals surface area (Å²) in [5.41, 5.74) is 17.0. The van der Waals surface area contributed by atoms with Gasteiger partial charge < -0.3 is 72.2 Å². The van der Waals surface area contributed by atoms with Crippen LogP contribution < -0.4 is 56.8 Å². The normalized spacial score (nSPS) is 10.7. The summed E-state index contributed by atoms with van der Waals surface area (Å²) in [6, 6.07) is 79.5. The first-order valence-electron chi connectivity index (χ1n) is 34.7. The molecule has 12 aromatic rings. The molecule has 18 nitrogen and oxygen atoms in total. The number of alkyl halides is 3. The van der Waals surface area contributed by atoms with Crippen LogP contribution in [0.5, 0.6) is 69.0 Å². The number of hydrogen-bond acceptors (Lipinski definition) is 15. The smallest absolute Gasteiger partial charge is 0.497 e. The van der Waals surface area contributed by atoms with Crippen LogP contribution in [0.3, 0.4) is 0 Å². The Kier molecular flexibility index (Phi) is 27.6. The number of aliphatic carboxylic acids is 3. The molecule has 0 aromatic heterocycles.